The summed E-state index contributed by atoms with van der Waals surface area (Å²) in [6, 6.07) is -1.02. The molecule has 6 N–H and O–H groups in total. The number of aliphatic hydroxyl groups excluding tert-OH is 5. The molecule has 1 fully saturated rings. The van der Waals surface area contributed by atoms with Crippen LogP contribution >= 0.6 is 0 Å². The standard InChI is InChI=1S/C66H121NO10/c1-4-7-10-13-16-19-22-25-27-28-29-30-31-32-33-34-35-38-41-44-47-50-53-59(70)65(74)67-57(58(69)52-49-46-43-40-37-24-21-18-15-12-9-6-3)56-75-66-64(63(73)62(72)60(55-68)76-66)77-61(71)54-51-48-45-42-39-36-26-23-20-17-14-11-8-5-2/h16,19,25,27,29-30,49,52,57-60,62-64,66,68-70,72-73H,4-15,17-18,20-24,26,28,31-48,50-51,53-56H2,1-3H3,(H,67,74)/b19-16-,27-25-,30-29-,52-49+. The Morgan fingerprint density at radius 2 is 0.896 bits per heavy atom. The zero-order valence-electron chi connectivity index (χ0n) is 49.8. The molecule has 0 radical (unpaired) electrons. The van der Waals surface area contributed by atoms with Gasteiger partial charge in [0.05, 0.1) is 25.4 Å². The van der Waals surface area contributed by atoms with Crippen LogP contribution in [0.5, 0.6) is 0 Å². The van der Waals surface area contributed by atoms with Crippen LogP contribution in [0.25, 0.3) is 0 Å². The number of amides is 1. The Morgan fingerprint density at radius 1 is 0.506 bits per heavy atom. The number of carbonyl (C=O) groups is 2. The van der Waals surface area contributed by atoms with E-state index in [1.807, 2.05) is 6.08 Å². The lowest BCUT2D eigenvalue weighted by Gasteiger charge is -2.41. The van der Waals surface area contributed by atoms with E-state index in [2.05, 4.69) is 62.5 Å². The van der Waals surface area contributed by atoms with Crippen molar-refractivity contribution in [1.29, 1.82) is 0 Å². The molecule has 0 saturated carbocycles. The molecule has 11 heteroatoms. The average molecular weight is 1090 g/mol. The first-order valence-corrected chi connectivity index (χ1v) is 32.4. The van der Waals surface area contributed by atoms with Crippen LogP contribution in [-0.4, -0.2) is 99.6 Å². The highest BCUT2D eigenvalue weighted by atomic mass is 16.7. The van der Waals surface area contributed by atoms with Gasteiger partial charge in [0.2, 0.25) is 5.91 Å². The summed E-state index contributed by atoms with van der Waals surface area (Å²) >= 11 is 0. The third-order valence-electron chi connectivity index (χ3n) is 15.2. The average Bonchev–Trinajstić information content (AvgIpc) is 3.43. The number of carbonyl (C=O) groups excluding carboxylic acids is 2. The Hall–Kier alpha value is -2.38. The zero-order valence-corrected chi connectivity index (χ0v) is 49.8. The van der Waals surface area contributed by atoms with Crippen LogP contribution in [-0.2, 0) is 23.8 Å². The van der Waals surface area contributed by atoms with E-state index in [0.29, 0.717) is 12.8 Å². The van der Waals surface area contributed by atoms with Crippen molar-refractivity contribution >= 4 is 11.9 Å². The van der Waals surface area contributed by atoms with Gasteiger partial charge in [-0.2, -0.15) is 0 Å². The van der Waals surface area contributed by atoms with Crippen LogP contribution in [0, 0.1) is 0 Å². The molecular formula is C66H121NO10. The molecule has 0 aromatic rings. The van der Waals surface area contributed by atoms with Crippen molar-refractivity contribution in [3.8, 4) is 0 Å². The van der Waals surface area contributed by atoms with Crippen molar-refractivity contribution in [2.75, 3.05) is 13.2 Å². The number of hydrogen-bond donors (Lipinski definition) is 6. The van der Waals surface area contributed by atoms with Crippen molar-refractivity contribution in [3.63, 3.8) is 0 Å². The predicted octanol–water partition coefficient (Wildman–Crippen LogP) is 15.6. The largest absolute Gasteiger partial charge is 0.454 e. The summed E-state index contributed by atoms with van der Waals surface area (Å²) in [6.45, 7) is 5.78. The number of unbranched alkanes of at least 4 members (excludes halogenated alkanes) is 35. The van der Waals surface area contributed by atoms with Crippen LogP contribution in [0.15, 0.2) is 48.6 Å². The third-order valence-corrected chi connectivity index (χ3v) is 15.2. The molecule has 0 aliphatic carbocycles. The number of hydrogen-bond acceptors (Lipinski definition) is 10. The normalized spacial score (nSPS) is 19.3. The molecule has 1 heterocycles. The third kappa shape index (κ3) is 42.2. The van der Waals surface area contributed by atoms with Crippen LogP contribution in [0.1, 0.15) is 297 Å². The Balaban J connectivity index is 2.64. The minimum atomic E-state index is -1.61. The summed E-state index contributed by atoms with van der Waals surface area (Å²) in [6.07, 6.45) is 55.7. The van der Waals surface area contributed by atoms with E-state index in [1.54, 1.807) is 6.08 Å². The minimum absolute atomic E-state index is 0.127. The van der Waals surface area contributed by atoms with Gasteiger partial charge in [-0.15, -0.1) is 0 Å². The van der Waals surface area contributed by atoms with Gasteiger partial charge < -0.3 is 45.1 Å². The van der Waals surface area contributed by atoms with E-state index in [0.717, 1.165) is 77.0 Å². The fourth-order valence-electron chi connectivity index (χ4n) is 10.1. The molecule has 1 aliphatic heterocycles. The molecule has 450 valence electrons. The molecule has 8 atom stereocenters. The van der Waals surface area contributed by atoms with Gasteiger partial charge in [0.15, 0.2) is 12.4 Å². The molecule has 0 aromatic carbocycles. The van der Waals surface area contributed by atoms with Crippen LogP contribution in [0.4, 0.5) is 0 Å². The Kier molecular flexibility index (Phi) is 51.1. The first-order valence-electron chi connectivity index (χ1n) is 32.4. The molecule has 11 nitrogen and oxygen atoms in total. The number of allylic oxidation sites excluding steroid dienone is 7. The molecule has 1 amide bonds. The van der Waals surface area contributed by atoms with Crippen LogP contribution < -0.4 is 5.32 Å². The second-order valence-corrected chi connectivity index (χ2v) is 22.5. The molecule has 0 bridgehead atoms. The predicted molar refractivity (Wildman–Crippen MR) is 320 cm³/mol. The Bertz CT molecular complexity index is 1440. The van der Waals surface area contributed by atoms with E-state index >= 15 is 0 Å². The van der Waals surface area contributed by atoms with Gasteiger partial charge in [-0.1, -0.05) is 275 Å². The summed E-state index contributed by atoms with van der Waals surface area (Å²) in [5.41, 5.74) is 0. The fourth-order valence-corrected chi connectivity index (χ4v) is 10.1. The zero-order chi connectivity index (χ0) is 56.1. The minimum Gasteiger partial charge on any atom is -0.454 e. The lowest BCUT2D eigenvalue weighted by atomic mass is 9.99. The van der Waals surface area contributed by atoms with E-state index in [4.69, 9.17) is 14.2 Å². The SMILES string of the molecule is CCCCC/C=C\C/C=C\C/C=C\CCCCCCCCCCCC(O)C(=O)NC(COC1OC(CO)C(O)C(O)C1OC(=O)CCCCCCCCCCCCCCCC)C(O)/C=C/CCCCCCCCCCCC. The first kappa shape index (κ1) is 72.6. The molecular weight excluding hydrogens is 967 g/mol. The Morgan fingerprint density at radius 3 is 1.36 bits per heavy atom. The van der Waals surface area contributed by atoms with Crippen molar-refractivity contribution in [2.45, 2.75) is 346 Å². The maximum absolute atomic E-state index is 13.4. The quantitative estimate of drug-likeness (QED) is 0.0195. The van der Waals surface area contributed by atoms with Crippen molar-refractivity contribution in [2.24, 2.45) is 0 Å². The highest BCUT2D eigenvalue weighted by Gasteiger charge is 2.47. The second kappa shape index (κ2) is 54.2. The lowest BCUT2D eigenvalue weighted by molar-refractivity contribution is -0.305. The Labute approximate surface area is 472 Å². The molecule has 1 saturated heterocycles. The topological polar surface area (TPSA) is 175 Å². The van der Waals surface area contributed by atoms with E-state index in [9.17, 15) is 35.1 Å². The van der Waals surface area contributed by atoms with Crippen LogP contribution in [0.2, 0.25) is 0 Å². The molecule has 8 unspecified atom stereocenters. The van der Waals surface area contributed by atoms with E-state index < -0.39 is 67.4 Å². The molecule has 77 heavy (non-hydrogen) atoms. The lowest BCUT2D eigenvalue weighted by Crippen LogP contribution is -2.61. The number of rotatable bonds is 55. The summed E-state index contributed by atoms with van der Waals surface area (Å²) < 4.78 is 17.6. The maximum atomic E-state index is 13.4. The van der Waals surface area contributed by atoms with Gasteiger partial charge >= 0.3 is 5.97 Å². The number of nitrogens with one attached hydrogen (secondary N) is 1. The van der Waals surface area contributed by atoms with Crippen molar-refractivity contribution in [3.05, 3.63) is 48.6 Å². The van der Waals surface area contributed by atoms with Crippen molar-refractivity contribution in [1.82, 2.24) is 5.32 Å². The van der Waals surface area contributed by atoms with Crippen LogP contribution in [0.3, 0.4) is 0 Å². The summed E-state index contributed by atoms with van der Waals surface area (Å²) in [4.78, 5) is 26.6. The molecule has 0 aromatic heterocycles. The highest BCUT2D eigenvalue weighted by Crippen LogP contribution is 2.26. The molecule has 1 rings (SSSR count). The van der Waals surface area contributed by atoms with Crippen molar-refractivity contribution < 1.29 is 49.3 Å². The number of ether oxygens (including phenoxy) is 3. The van der Waals surface area contributed by atoms with Gasteiger partial charge in [-0.3, -0.25) is 9.59 Å². The second-order valence-electron chi connectivity index (χ2n) is 22.5. The van der Waals surface area contributed by atoms with E-state index in [1.165, 1.54) is 173 Å². The first-order chi connectivity index (χ1) is 37.7. The van der Waals surface area contributed by atoms with Gasteiger partial charge in [0.1, 0.15) is 24.4 Å². The monoisotopic (exact) mass is 1090 g/mol. The van der Waals surface area contributed by atoms with E-state index in [-0.39, 0.29) is 19.4 Å². The maximum Gasteiger partial charge on any atom is 0.306 e. The number of esters is 1. The summed E-state index contributed by atoms with van der Waals surface area (Å²) in [5.74, 6) is -1.19. The van der Waals surface area contributed by atoms with Gasteiger partial charge in [-0.05, 0) is 64.2 Å². The smallest absolute Gasteiger partial charge is 0.306 e. The van der Waals surface area contributed by atoms with Gasteiger partial charge in [-0.25, -0.2) is 0 Å². The van der Waals surface area contributed by atoms with Gasteiger partial charge in [0, 0.05) is 6.42 Å². The summed E-state index contributed by atoms with van der Waals surface area (Å²) in [5, 5.41) is 57.0. The molecule has 1 aliphatic rings. The highest BCUT2D eigenvalue weighted by molar-refractivity contribution is 5.80. The number of aliphatic hydroxyl groups is 5. The summed E-state index contributed by atoms with van der Waals surface area (Å²) in [7, 11) is 0. The molecule has 0 spiro atoms. The van der Waals surface area contributed by atoms with Gasteiger partial charge in [0.25, 0.3) is 0 Å². The fraction of sp³-hybridized carbons (Fsp3) is 0.848.